The van der Waals surface area contributed by atoms with E-state index in [9.17, 15) is 39.4 Å². The van der Waals surface area contributed by atoms with Crippen LogP contribution >= 0.6 is 31.9 Å². The van der Waals surface area contributed by atoms with Crippen LogP contribution in [0.5, 0.6) is 0 Å². The van der Waals surface area contributed by atoms with Crippen LogP contribution < -0.4 is 48.9 Å². The summed E-state index contributed by atoms with van der Waals surface area (Å²) in [5, 5.41) is 36.0. The number of nitrogens with one attached hydrogen (secondary N) is 9. The van der Waals surface area contributed by atoms with Gasteiger partial charge >= 0.3 is 0 Å². The number of hydrogen-bond donors (Lipinski definition) is 11. The lowest BCUT2D eigenvalue weighted by Gasteiger charge is -2.19. The van der Waals surface area contributed by atoms with Crippen molar-refractivity contribution in [1.82, 2.24) is 47.4 Å². The Kier molecular flexibility index (Phi) is 20.7. The van der Waals surface area contributed by atoms with Crippen LogP contribution in [0.25, 0.3) is 21.8 Å². The lowest BCUT2D eigenvalue weighted by atomic mass is 10.1. The van der Waals surface area contributed by atoms with Crippen LogP contribution in [0.2, 0.25) is 0 Å². The highest BCUT2D eigenvalue weighted by Crippen LogP contribution is 2.24. The first-order valence-corrected chi connectivity index (χ1v) is 22.0. The molecule has 25 heteroatoms. The highest BCUT2D eigenvalue weighted by molar-refractivity contribution is 9.10. The van der Waals surface area contributed by atoms with Gasteiger partial charge in [0.15, 0.2) is 10.1 Å². The normalized spacial score (nSPS) is 12.7. The van der Waals surface area contributed by atoms with Crippen LogP contribution in [-0.2, 0) is 32.0 Å². The van der Waals surface area contributed by atoms with E-state index >= 15 is 0 Å². The molecule has 0 aliphatic rings. The standard InChI is InChI=1S/C39H53Br2N15O8/c40-26-8-10-30-28(20-26)24(22-49-30)18-34(57)51-32(6-3-15-47-38(42)53-55(61)62)36(59)45-14-2-1-12-44-13-5-17-46-37(60)33(7-4-16-48-39(43)54-56(63)64)52-35(58)19-25-23-50-31-11-9-27(41)21-29(25)31/h8-11,20-23,32-33,44,49-50H,1-7,12-19H2,(H,45,59)(H,46,60)(H,51,57)(H,52,58)(H3,42,47,53)(H3,43,48,54)/t32-,33-/m1/s1. The lowest BCUT2D eigenvalue weighted by Crippen LogP contribution is -2.47. The van der Waals surface area contributed by atoms with Gasteiger partial charge in [-0.05, 0) is 106 Å². The van der Waals surface area contributed by atoms with Crippen molar-refractivity contribution in [2.24, 2.45) is 21.5 Å². The number of aliphatic imine (C=N–C) groups is 2. The SMILES string of the molecule is NC(=NCCC[C@@H](NC(=O)Cc1c[nH]c2ccc(Br)cc12)C(=O)NCCCCNCCCNC(=O)[C@@H](CCCN=C(N)N[N+](=O)[O-])NC(=O)Cc1c[nH]c2ccc(Br)cc12)N[N+](=O)[O-]. The van der Waals surface area contributed by atoms with Crippen molar-refractivity contribution >= 4 is 89.2 Å². The number of nitrogens with zero attached hydrogens (tertiary/aromatic N) is 4. The predicted octanol–water partition coefficient (Wildman–Crippen LogP) is 1.67. The molecule has 23 nitrogen and oxygen atoms in total. The molecular weight excluding hydrogens is 966 g/mol. The zero-order chi connectivity index (χ0) is 46.4. The molecule has 2 heterocycles. The van der Waals surface area contributed by atoms with Crippen molar-refractivity contribution in [3.05, 3.63) is 89.1 Å². The number of amides is 4. The molecule has 2 aromatic carbocycles. The number of H-pyrrole nitrogens is 2. The molecule has 0 aliphatic heterocycles. The number of aromatic nitrogens is 2. The van der Waals surface area contributed by atoms with Gasteiger partial charge in [0.25, 0.3) is 11.9 Å². The molecule has 0 saturated carbocycles. The number of unbranched alkanes of at least 4 members (excludes halogenated alkanes) is 1. The fourth-order valence-corrected chi connectivity index (χ4v) is 7.32. The minimum Gasteiger partial charge on any atom is -0.365 e. The summed E-state index contributed by atoms with van der Waals surface area (Å²) >= 11 is 6.91. The number of halogens is 2. The van der Waals surface area contributed by atoms with Crippen LogP contribution in [0.4, 0.5) is 0 Å². The number of hydrazine groups is 2. The minimum atomic E-state index is -0.882. The van der Waals surface area contributed by atoms with Gasteiger partial charge in [0.1, 0.15) is 12.1 Å². The van der Waals surface area contributed by atoms with Crippen LogP contribution in [-0.4, -0.2) is 107 Å². The van der Waals surface area contributed by atoms with Gasteiger partial charge in [-0.15, -0.1) is 0 Å². The fourth-order valence-electron chi connectivity index (χ4n) is 6.60. The first-order chi connectivity index (χ1) is 30.7. The highest BCUT2D eigenvalue weighted by atomic mass is 79.9. The van der Waals surface area contributed by atoms with Crippen LogP contribution in [0.15, 0.2) is 67.7 Å². The van der Waals surface area contributed by atoms with Crippen molar-refractivity contribution in [1.29, 1.82) is 0 Å². The molecule has 0 aliphatic carbocycles. The molecule has 4 aromatic rings. The summed E-state index contributed by atoms with van der Waals surface area (Å²) in [5.41, 5.74) is 17.8. The zero-order valence-electron chi connectivity index (χ0n) is 34.8. The lowest BCUT2D eigenvalue weighted by molar-refractivity contribution is -0.525. The molecule has 64 heavy (non-hydrogen) atoms. The summed E-state index contributed by atoms with van der Waals surface area (Å²) in [6.45, 7) is 2.10. The van der Waals surface area contributed by atoms with Gasteiger partial charge in [-0.2, -0.15) is 0 Å². The number of aromatic amines is 2. The summed E-state index contributed by atoms with van der Waals surface area (Å²) in [4.78, 5) is 88.0. The number of nitrogens with two attached hydrogens (primary N) is 2. The Morgan fingerprint density at radius 3 is 1.52 bits per heavy atom. The first kappa shape index (κ1) is 50.3. The highest BCUT2D eigenvalue weighted by Gasteiger charge is 2.23. The maximum Gasteiger partial charge on any atom is 0.251 e. The molecule has 13 N–H and O–H groups in total. The number of benzene rings is 2. The molecular formula is C39H53Br2N15O8. The molecule has 0 unspecified atom stereocenters. The minimum absolute atomic E-state index is 0.0346. The van der Waals surface area contributed by atoms with Gasteiger partial charge in [-0.1, -0.05) is 42.7 Å². The third-order valence-electron chi connectivity index (χ3n) is 9.65. The summed E-state index contributed by atoms with van der Waals surface area (Å²) < 4.78 is 1.72. The predicted molar refractivity (Wildman–Crippen MR) is 248 cm³/mol. The van der Waals surface area contributed by atoms with E-state index in [1.165, 1.54) is 0 Å². The van der Waals surface area contributed by atoms with E-state index in [-0.39, 0.29) is 74.3 Å². The molecule has 0 fully saturated rings. The van der Waals surface area contributed by atoms with Gasteiger partial charge in [-0.25, -0.2) is 30.2 Å². The number of fused-ring (bicyclic) bond motifs is 2. The van der Waals surface area contributed by atoms with Crippen molar-refractivity contribution in [3.63, 3.8) is 0 Å². The second kappa shape index (κ2) is 26.3. The van der Waals surface area contributed by atoms with E-state index < -0.39 is 22.1 Å². The van der Waals surface area contributed by atoms with E-state index in [1.807, 2.05) is 36.4 Å². The fraction of sp³-hybridized carbons (Fsp3) is 0.436. The molecule has 4 rings (SSSR count). The molecule has 0 bridgehead atoms. The molecule has 0 saturated heterocycles. The number of nitro groups is 2. The van der Waals surface area contributed by atoms with Gasteiger partial charge in [-0.3, -0.25) is 19.2 Å². The van der Waals surface area contributed by atoms with E-state index in [0.29, 0.717) is 51.9 Å². The van der Waals surface area contributed by atoms with Crippen molar-refractivity contribution in [2.45, 2.75) is 69.9 Å². The Bertz CT molecular complexity index is 2140. The number of hydrogen-bond acceptors (Lipinski definition) is 11. The van der Waals surface area contributed by atoms with Crippen LogP contribution in [0.3, 0.4) is 0 Å². The molecule has 0 spiro atoms. The Morgan fingerprint density at radius 2 is 1.06 bits per heavy atom. The third kappa shape index (κ3) is 17.8. The average Bonchev–Trinajstić information content (AvgIpc) is 3.82. The van der Waals surface area contributed by atoms with Crippen molar-refractivity contribution < 1.29 is 29.2 Å². The molecule has 346 valence electrons. The maximum atomic E-state index is 13.2. The van der Waals surface area contributed by atoms with Gasteiger partial charge in [0.05, 0.1) is 12.8 Å². The molecule has 0 radical (unpaired) electrons. The smallest absolute Gasteiger partial charge is 0.251 e. The monoisotopic (exact) mass is 1020 g/mol. The first-order valence-electron chi connectivity index (χ1n) is 20.5. The van der Waals surface area contributed by atoms with Gasteiger partial charge < -0.3 is 48.0 Å². The van der Waals surface area contributed by atoms with Crippen LogP contribution in [0, 0.1) is 20.2 Å². The summed E-state index contributed by atoms with van der Waals surface area (Å²) in [7, 11) is 0. The summed E-state index contributed by atoms with van der Waals surface area (Å²) in [5.74, 6) is -2.19. The second-order valence-corrected chi connectivity index (χ2v) is 16.4. The maximum absolute atomic E-state index is 13.2. The Balaban J connectivity index is 1.18. The third-order valence-corrected chi connectivity index (χ3v) is 10.6. The quantitative estimate of drug-likeness (QED) is 0.0133. The van der Waals surface area contributed by atoms with Crippen LogP contribution in [0.1, 0.15) is 56.1 Å². The number of carbonyl (C=O) groups is 4. The molecule has 2 atom stereocenters. The molecule has 4 amide bonds. The second-order valence-electron chi connectivity index (χ2n) is 14.6. The number of rotatable bonds is 27. The van der Waals surface area contributed by atoms with Crippen molar-refractivity contribution in [3.8, 4) is 0 Å². The number of carbonyl (C=O) groups excluding carboxylic acids is 4. The van der Waals surface area contributed by atoms with E-state index in [4.69, 9.17) is 11.5 Å². The van der Waals surface area contributed by atoms with E-state index in [0.717, 1.165) is 48.3 Å². The number of guanidine groups is 2. The zero-order valence-corrected chi connectivity index (χ0v) is 38.0. The Labute approximate surface area is 384 Å². The summed E-state index contributed by atoms with van der Waals surface area (Å²) in [6.07, 6.45) is 6.60. The van der Waals surface area contributed by atoms with Crippen molar-refractivity contribution in [2.75, 3.05) is 39.3 Å². The largest absolute Gasteiger partial charge is 0.365 e. The Morgan fingerprint density at radius 1 is 0.641 bits per heavy atom. The molecule has 2 aromatic heterocycles. The van der Waals surface area contributed by atoms with E-state index in [1.54, 1.807) is 23.2 Å². The van der Waals surface area contributed by atoms with E-state index in [2.05, 4.69) is 78.4 Å². The van der Waals surface area contributed by atoms with Gasteiger partial charge in [0.2, 0.25) is 23.6 Å². The summed E-state index contributed by atoms with van der Waals surface area (Å²) in [6, 6.07) is 9.62. The van der Waals surface area contributed by atoms with Gasteiger partial charge in [0, 0.05) is 69.3 Å². The average molecular weight is 1020 g/mol. The topological polar surface area (TPSA) is 347 Å². The Hall–Kier alpha value is -6.34.